The summed E-state index contributed by atoms with van der Waals surface area (Å²) in [6.07, 6.45) is 0.482. The van der Waals surface area contributed by atoms with E-state index in [0.29, 0.717) is 53.1 Å². The van der Waals surface area contributed by atoms with Crippen molar-refractivity contribution in [2.45, 2.75) is 95.9 Å². The third-order valence-corrected chi connectivity index (χ3v) is 10.3. The van der Waals surface area contributed by atoms with Gasteiger partial charge in [-0.15, -0.1) is 0 Å². The van der Waals surface area contributed by atoms with E-state index in [2.05, 4.69) is 15.3 Å². The van der Waals surface area contributed by atoms with Gasteiger partial charge in [-0.05, 0) is 61.0 Å². The molecule has 234 valence electrons. The van der Waals surface area contributed by atoms with Crippen LogP contribution in [0.1, 0.15) is 98.6 Å². The number of rotatable bonds is 5. The van der Waals surface area contributed by atoms with Gasteiger partial charge in [-0.25, -0.2) is 14.8 Å². The maximum Gasteiger partial charge on any atom is 0.419 e. The normalized spacial score (nSPS) is 25.9. The minimum atomic E-state index is -4.75. The zero-order valence-electron chi connectivity index (χ0n) is 25.1. The molecule has 3 fully saturated rings. The molecule has 5 heterocycles. The highest BCUT2D eigenvalue weighted by atomic mass is 35.5. The number of hydrogen-bond donors (Lipinski definition) is 2. The van der Waals surface area contributed by atoms with Crippen LogP contribution in [0.15, 0.2) is 23.3 Å². The quantitative estimate of drug-likeness (QED) is 0.354. The van der Waals surface area contributed by atoms with Gasteiger partial charge < -0.3 is 15.3 Å². The highest BCUT2D eigenvalue weighted by molar-refractivity contribution is 6.32. The second-order valence-corrected chi connectivity index (χ2v) is 13.8. The minimum absolute atomic E-state index is 0.000717. The van der Waals surface area contributed by atoms with Crippen molar-refractivity contribution in [2.75, 3.05) is 11.4 Å². The molecule has 2 aromatic heterocycles. The van der Waals surface area contributed by atoms with Crippen molar-refractivity contribution in [2.24, 2.45) is 11.8 Å². The van der Waals surface area contributed by atoms with Gasteiger partial charge in [-0.3, -0.25) is 4.57 Å². The molecule has 44 heavy (non-hydrogen) atoms. The monoisotopic (exact) mass is 628 g/mol. The molecule has 3 aromatic rings. The molecule has 1 aromatic carbocycles. The topological polar surface area (TPSA) is 96.2 Å². The fourth-order valence-corrected chi connectivity index (χ4v) is 8.49. The average molecular weight is 629 g/mol. The van der Waals surface area contributed by atoms with Crippen LogP contribution in [0.4, 0.5) is 18.9 Å². The lowest BCUT2D eigenvalue weighted by Crippen LogP contribution is -2.40. The maximum absolute atomic E-state index is 14.3. The van der Waals surface area contributed by atoms with Gasteiger partial charge >= 0.3 is 11.9 Å². The molecular weight excluding hydrogens is 593 g/mol. The van der Waals surface area contributed by atoms with E-state index in [1.807, 2.05) is 27.7 Å². The lowest BCUT2D eigenvalue weighted by molar-refractivity contribution is -0.137. The van der Waals surface area contributed by atoms with Gasteiger partial charge in [0.15, 0.2) is 0 Å². The number of phenolic OH excluding ortho intramolecular Hbond substituents is 1. The highest BCUT2D eigenvalue weighted by Crippen LogP contribution is 2.63. The van der Waals surface area contributed by atoms with E-state index in [4.69, 9.17) is 16.6 Å². The number of hydrogen-bond acceptors (Lipinski definition) is 7. The summed E-state index contributed by atoms with van der Waals surface area (Å²) < 4.78 is 44.5. The van der Waals surface area contributed by atoms with Gasteiger partial charge in [0.2, 0.25) is 0 Å². The van der Waals surface area contributed by atoms with E-state index in [-0.39, 0.29) is 42.3 Å². The van der Waals surface area contributed by atoms with Crippen LogP contribution in [0.25, 0.3) is 5.69 Å². The van der Waals surface area contributed by atoms with Crippen LogP contribution in [0.5, 0.6) is 5.75 Å². The Hall–Kier alpha value is -3.18. The van der Waals surface area contributed by atoms with E-state index in [1.165, 1.54) is 12.7 Å². The fraction of sp³-hybridized carbons (Fsp3) is 0.562. The molecule has 4 unspecified atom stereocenters. The number of benzene rings is 1. The third kappa shape index (κ3) is 4.69. The smallest absolute Gasteiger partial charge is 0.419 e. The second-order valence-electron chi connectivity index (χ2n) is 13.4. The fourth-order valence-electron chi connectivity index (χ4n) is 8.17. The van der Waals surface area contributed by atoms with Crippen molar-refractivity contribution in [3.05, 3.63) is 67.9 Å². The third-order valence-electron chi connectivity index (χ3n) is 10.0. The Morgan fingerprint density at radius 3 is 2.45 bits per heavy atom. The Labute approximate surface area is 258 Å². The predicted molar refractivity (Wildman–Crippen MR) is 161 cm³/mol. The molecule has 7 rings (SSSR count). The number of anilines is 1. The van der Waals surface area contributed by atoms with Crippen LogP contribution in [-0.4, -0.2) is 43.3 Å². The van der Waals surface area contributed by atoms with E-state index >= 15 is 0 Å². The van der Waals surface area contributed by atoms with Gasteiger partial charge in [-0.2, -0.15) is 18.2 Å². The Balaban J connectivity index is 1.44. The van der Waals surface area contributed by atoms with Crippen molar-refractivity contribution in [1.82, 2.24) is 24.8 Å². The van der Waals surface area contributed by atoms with Crippen LogP contribution in [0.3, 0.4) is 0 Å². The van der Waals surface area contributed by atoms with Crippen molar-refractivity contribution in [3.8, 4) is 11.4 Å². The number of phenols is 1. The van der Waals surface area contributed by atoms with Crippen molar-refractivity contribution >= 4 is 17.3 Å². The van der Waals surface area contributed by atoms with E-state index < -0.39 is 22.5 Å². The van der Waals surface area contributed by atoms with Crippen molar-refractivity contribution in [3.63, 3.8) is 0 Å². The van der Waals surface area contributed by atoms with Gasteiger partial charge in [0.1, 0.15) is 12.1 Å². The van der Waals surface area contributed by atoms with E-state index in [0.717, 1.165) is 36.2 Å². The van der Waals surface area contributed by atoms with Crippen LogP contribution >= 0.6 is 11.6 Å². The molecule has 5 atom stereocenters. The summed E-state index contributed by atoms with van der Waals surface area (Å²) in [5.41, 5.74) is 2.53. The van der Waals surface area contributed by atoms with Crippen LogP contribution in [0, 0.1) is 11.8 Å². The number of nitrogens with one attached hydrogen (secondary N) is 1. The summed E-state index contributed by atoms with van der Waals surface area (Å²) >= 11 is 6.08. The molecule has 0 spiro atoms. The lowest BCUT2D eigenvalue weighted by Gasteiger charge is -2.35. The number of aromatic hydroxyl groups is 1. The summed E-state index contributed by atoms with van der Waals surface area (Å²) in [5.74, 6) is 0.559. The van der Waals surface area contributed by atoms with Gasteiger partial charge in [0.05, 0.1) is 51.3 Å². The van der Waals surface area contributed by atoms with Gasteiger partial charge in [0, 0.05) is 30.6 Å². The molecule has 1 saturated carbocycles. The molecule has 8 nitrogen and oxygen atoms in total. The first kappa shape index (κ1) is 29.5. The van der Waals surface area contributed by atoms with E-state index in [9.17, 15) is 23.1 Å². The lowest BCUT2D eigenvalue weighted by atomic mass is 9.95. The van der Waals surface area contributed by atoms with Gasteiger partial charge in [0.25, 0.3) is 0 Å². The first-order valence-electron chi connectivity index (χ1n) is 15.5. The number of aromatic nitrogens is 4. The highest BCUT2D eigenvalue weighted by Gasteiger charge is 2.61. The molecule has 0 radical (unpaired) electrons. The molecule has 2 N–H and O–H groups in total. The van der Waals surface area contributed by atoms with Crippen LogP contribution < -0.4 is 15.9 Å². The van der Waals surface area contributed by atoms with Crippen molar-refractivity contribution in [1.29, 1.82) is 0 Å². The number of fused-ring (bicyclic) bond motifs is 5. The summed E-state index contributed by atoms with van der Waals surface area (Å²) in [4.78, 5) is 29.7. The number of alkyl halides is 3. The summed E-state index contributed by atoms with van der Waals surface area (Å²) in [5, 5.41) is 13.5. The summed E-state index contributed by atoms with van der Waals surface area (Å²) in [6, 6.07) is 2.92. The minimum Gasteiger partial charge on any atom is -0.508 e. The zero-order chi connectivity index (χ0) is 31.2. The molecule has 12 heteroatoms. The summed E-state index contributed by atoms with van der Waals surface area (Å²) in [7, 11) is 0. The molecular formula is C32H36ClF3N6O2. The van der Waals surface area contributed by atoms with Crippen molar-refractivity contribution < 1.29 is 18.3 Å². The van der Waals surface area contributed by atoms with E-state index in [1.54, 1.807) is 9.47 Å². The SMILES string of the molecule is CC(C)c1ncnc(C(C)C)c1-n1c2c(c(C3C4C5CCC(C[C@H]34)N5)nc1=O)CCN(c1cc(O)cc(Cl)c1C(F)(F)F)C2. The molecule has 4 aliphatic rings. The van der Waals surface area contributed by atoms with Crippen LogP contribution in [-0.2, 0) is 19.1 Å². The first-order chi connectivity index (χ1) is 20.8. The molecule has 2 bridgehead atoms. The average Bonchev–Trinajstić information content (AvgIpc) is 3.54. The standard InChI is InChI=1S/C32H36ClF3N6O2/c1-14(2)27-30(28(15(3)4)38-13-37-27)42-23-12-41(22-11-17(43)10-20(33)26(22)32(34,35)36)8-7-18(23)29(40-31(42)44)25-19-9-16-5-6-21(39-16)24(19)25/h10-11,13-16,19,21,24-25,39,43H,5-9,12H2,1-4H3/t16?,19-,21?,24?,25?/m0/s1. The summed E-state index contributed by atoms with van der Waals surface area (Å²) in [6.45, 7) is 8.20. The largest absolute Gasteiger partial charge is 0.508 e. The Bertz CT molecular complexity index is 1680. The number of halogens is 4. The maximum atomic E-state index is 14.3. The first-order valence-corrected chi connectivity index (χ1v) is 15.8. The Morgan fingerprint density at radius 2 is 1.80 bits per heavy atom. The molecule has 0 amide bonds. The zero-order valence-corrected chi connectivity index (χ0v) is 25.9. The second kappa shape index (κ2) is 10.4. The molecule has 3 aliphatic heterocycles. The molecule has 1 aliphatic carbocycles. The van der Waals surface area contributed by atoms with Gasteiger partial charge in [-0.1, -0.05) is 39.3 Å². The number of nitrogens with zero attached hydrogens (tertiary/aromatic N) is 5. The molecule has 2 saturated heterocycles. The Kier molecular flexibility index (Phi) is 7.00. The Morgan fingerprint density at radius 1 is 1.09 bits per heavy atom. The van der Waals surface area contributed by atoms with Crippen LogP contribution in [0.2, 0.25) is 5.02 Å². The predicted octanol–water partition coefficient (Wildman–Crippen LogP) is 6.06. The number of piperidine rings is 1.